The largest absolute Gasteiger partial charge is 0.468 e. The van der Waals surface area contributed by atoms with Crippen molar-refractivity contribution in [2.75, 3.05) is 13.4 Å². The van der Waals surface area contributed by atoms with Crippen LogP contribution >= 0.6 is 0 Å². The summed E-state index contributed by atoms with van der Waals surface area (Å²) in [7, 11) is 0. The molecule has 0 aliphatic heterocycles. The average Bonchev–Trinajstić information content (AvgIpc) is 2.82. The molecule has 0 fully saturated rings. The first-order valence-corrected chi connectivity index (χ1v) is 7.11. The quantitative estimate of drug-likeness (QED) is 0.457. The maximum Gasteiger partial charge on any atom is 0.331 e. The van der Waals surface area contributed by atoms with Crippen molar-refractivity contribution in [2.45, 2.75) is 6.92 Å². The summed E-state index contributed by atoms with van der Waals surface area (Å²) in [6.45, 7) is 1.73. The van der Waals surface area contributed by atoms with Crippen molar-refractivity contribution >= 4 is 11.5 Å². The lowest BCUT2D eigenvalue weighted by atomic mass is 10.0. The third kappa shape index (κ3) is 2.49. The van der Waals surface area contributed by atoms with Crippen LogP contribution in [0.15, 0.2) is 48.5 Å². The molecule has 0 atom stereocenters. The zero-order chi connectivity index (χ0) is 15.5. The van der Waals surface area contributed by atoms with E-state index in [0.29, 0.717) is 12.4 Å². The van der Waals surface area contributed by atoms with Crippen LogP contribution in [0.1, 0.15) is 18.1 Å². The molecule has 0 saturated carbocycles. The number of carbonyl (C=O) groups is 1. The normalized spacial score (nSPS) is 13.6. The highest BCUT2D eigenvalue weighted by Gasteiger charge is 2.24. The van der Waals surface area contributed by atoms with Gasteiger partial charge >= 0.3 is 5.97 Å². The lowest BCUT2D eigenvalue weighted by Gasteiger charge is -2.06. The Labute approximate surface area is 128 Å². The lowest BCUT2D eigenvalue weighted by molar-refractivity contribution is -0.137. The highest BCUT2D eigenvalue weighted by Crippen LogP contribution is 2.45. The van der Waals surface area contributed by atoms with E-state index in [0.717, 1.165) is 27.8 Å². The van der Waals surface area contributed by atoms with E-state index in [-0.39, 0.29) is 12.8 Å². The van der Waals surface area contributed by atoms with Crippen LogP contribution in [0.25, 0.3) is 16.7 Å². The second-order valence-electron chi connectivity index (χ2n) is 4.84. The Balaban J connectivity index is 2.14. The predicted molar refractivity (Wildman–Crippen MR) is 83.3 cm³/mol. The molecule has 112 valence electrons. The fraction of sp³-hybridized carbons (Fsp3) is 0.167. The Bertz CT molecular complexity index is 747. The Kier molecular flexibility index (Phi) is 3.94. The third-order valence-corrected chi connectivity index (χ3v) is 3.57. The zero-order valence-electron chi connectivity index (χ0n) is 12.2. The van der Waals surface area contributed by atoms with E-state index in [1.807, 2.05) is 36.4 Å². The minimum Gasteiger partial charge on any atom is -0.468 e. The zero-order valence-corrected chi connectivity index (χ0v) is 12.2. The van der Waals surface area contributed by atoms with Gasteiger partial charge in [0.25, 0.3) is 0 Å². The molecule has 4 nitrogen and oxygen atoms in total. The minimum atomic E-state index is -0.386. The number of rotatable bonds is 4. The first kappa shape index (κ1) is 14.4. The molecule has 1 N–H and O–H groups in total. The summed E-state index contributed by atoms with van der Waals surface area (Å²) in [5.41, 5.74) is 4.82. The van der Waals surface area contributed by atoms with E-state index in [2.05, 4.69) is 0 Å². The van der Waals surface area contributed by atoms with Crippen molar-refractivity contribution in [3.05, 3.63) is 59.7 Å². The number of hydrogen-bond donors (Lipinski definition) is 1. The summed E-state index contributed by atoms with van der Waals surface area (Å²) < 4.78 is 10.2. The molecule has 0 saturated heterocycles. The van der Waals surface area contributed by atoms with Crippen LogP contribution in [0.5, 0.6) is 5.75 Å². The summed E-state index contributed by atoms with van der Waals surface area (Å²) in [5, 5.41) is 8.91. The molecule has 1 aliphatic rings. The third-order valence-electron chi connectivity index (χ3n) is 3.57. The second kappa shape index (κ2) is 6.03. The molecular weight excluding hydrogens is 280 g/mol. The Morgan fingerprint density at radius 2 is 1.82 bits per heavy atom. The highest BCUT2D eigenvalue weighted by molar-refractivity contribution is 6.07. The van der Waals surface area contributed by atoms with Gasteiger partial charge in [-0.05, 0) is 46.9 Å². The van der Waals surface area contributed by atoms with Crippen molar-refractivity contribution in [2.24, 2.45) is 0 Å². The maximum absolute atomic E-state index is 11.9. The van der Waals surface area contributed by atoms with Crippen LogP contribution in [0.4, 0.5) is 0 Å². The van der Waals surface area contributed by atoms with E-state index in [1.54, 1.807) is 13.0 Å². The average molecular weight is 296 g/mol. The van der Waals surface area contributed by atoms with E-state index in [9.17, 15) is 4.79 Å². The van der Waals surface area contributed by atoms with E-state index in [1.165, 1.54) is 6.08 Å². The van der Waals surface area contributed by atoms with Gasteiger partial charge in [-0.25, -0.2) is 4.79 Å². The molecule has 22 heavy (non-hydrogen) atoms. The molecule has 0 bridgehead atoms. The van der Waals surface area contributed by atoms with Crippen molar-refractivity contribution < 1.29 is 19.4 Å². The Hall–Kier alpha value is -2.59. The number of aliphatic hydroxyl groups is 1. The predicted octanol–water partition coefficient (Wildman–Crippen LogP) is 2.99. The molecular formula is C18H16O4. The highest BCUT2D eigenvalue weighted by atomic mass is 16.6. The Morgan fingerprint density at radius 1 is 1.09 bits per heavy atom. The van der Waals surface area contributed by atoms with Gasteiger partial charge in [0.15, 0.2) is 6.79 Å². The number of aliphatic hydroxyl groups excluding tert-OH is 1. The van der Waals surface area contributed by atoms with Crippen LogP contribution in [-0.2, 0) is 9.53 Å². The topological polar surface area (TPSA) is 55.8 Å². The molecule has 2 aromatic rings. The van der Waals surface area contributed by atoms with Gasteiger partial charge in [-0.15, -0.1) is 0 Å². The number of hydrogen-bond acceptors (Lipinski definition) is 4. The molecule has 0 heterocycles. The van der Waals surface area contributed by atoms with E-state index in [4.69, 9.17) is 14.6 Å². The fourth-order valence-corrected chi connectivity index (χ4v) is 2.70. The molecule has 2 aromatic carbocycles. The van der Waals surface area contributed by atoms with Gasteiger partial charge in [-0.1, -0.05) is 30.3 Å². The van der Waals surface area contributed by atoms with Gasteiger partial charge in [-0.3, -0.25) is 0 Å². The number of carbonyl (C=O) groups excluding carboxylic acids is 1. The molecule has 0 unspecified atom stereocenters. The molecule has 0 aromatic heterocycles. The molecule has 1 aliphatic carbocycles. The van der Waals surface area contributed by atoms with E-state index >= 15 is 0 Å². The standard InChI is InChI=1S/C18H16O4/c1-2-21-18(20)10-17-14-6-4-3-5-13(14)15-8-7-12(22-11-19)9-16(15)17/h3-10,19H,2,11H2,1H3/b17-10+. The fourth-order valence-electron chi connectivity index (χ4n) is 2.70. The SMILES string of the molecule is CCOC(=O)/C=C1\c2ccccc2-c2ccc(OCO)cc21. The van der Waals surface area contributed by atoms with Crippen LogP contribution in [0.3, 0.4) is 0 Å². The van der Waals surface area contributed by atoms with Crippen molar-refractivity contribution in [1.82, 2.24) is 0 Å². The van der Waals surface area contributed by atoms with Gasteiger partial charge < -0.3 is 14.6 Å². The molecule has 0 radical (unpaired) electrons. The van der Waals surface area contributed by atoms with Gasteiger partial charge in [-0.2, -0.15) is 0 Å². The van der Waals surface area contributed by atoms with Gasteiger partial charge in [0.2, 0.25) is 0 Å². The van der Waals surface area contributed by atoms with Gasteiger partial charge in [0, 0.05) is 6.08 Å². The van der Waals surface area contributed by atoms with E-state index < -0.39 is 0 Å². The van der Waals surface area contributed by atoms with Crippen LogP contribution in [-0.4, -0.2) is 24.5 Å². The first-order valence-electron chi connectivity index (χ1n) is 7.11. The smallest absolute Gasteiger partial charge is 0.331 e. The Morgan fingerprint density at radius 3 is 2.55 bits per heavy atom. The van der Waals surface area contributed by atoms with Gasteiger partial charge in [0.05, 0.1) is 6.61 Å². The molecule has 3 rings (SSSR count). The first-order chi connectivity index (χ1) is 10.7. The number of ether oxygens (including phenoxy) is 2. The summed E-state index contributed by atoms with van der Waals surface area (Å²) in [5.74, 6) is 0.192. The molecule has 4 heteroatoms. The maximum atomic E-state index is 11.9. The number of benzene rings is 2. The van der Waals surface area contributed by atoms with Crippen molar-refractivity contribution in [3.63, 3.8) is 0 Å². The molecule has 0 amide bonds. The minimum absolute atomic E-state index is 0.338. The number of fused-ring (bicyclic) bond motifs is 3. The molecule has 0 spiro atoms. The second-order valence-corrected chi connectivity index (χ2v) is 4.84. The van der Waals surface area contributed by atoms with Gasteiger partial charge in [0.1, 0.15) is 5.75 Å². The van der Waals surface area contributed by atoms with Crippen LogP contribution < -0.4 is 4.74 Å². The van der Waals surface area contributed by atoms with Crippen LogP contribution in [0.2, 0.25) is 0 Å². The summed E-state index contributed by atoms with van der Waals surface area (Å²) in [4.78, 5) is 11.9. The monoisotopic (exact) mass is 296 g/mol. The summed E-state index contributed by atoms with van der Waals surface area (Å²) in [6.07, 6.45) is 1.51. The van der Waals surface area contributed by atoms with Crippen LogP contribution in [0, 0.1) is 0 Å². The summed E-state index contributed by atoms with van der Waals surface area (Å²) in [6, 6.07) is 13.5. The van der Waals surface area contributed by atoms with Crippen molar-refractivity contribution in [1.29, 1.82) is 0 Å². The lowest BCUT2D eigenvalue weighted by Crippen LogP contribution is -2.01. The number of esters is 1. The van der Waals surface area contributed by atoms with Crippen molar-refractivity contribution in [3.8, 4) is 16.9 Å². The summed E-state index contributed by atoms with van der Waals surface area (Å²) >= 11 is 0.